The zero-order valence-corrected chi connectivity index (χ0v) is 10.9. The number of hydrogen-bond acceptors (Lipinski definition) is 3. The Labute approximate surface area is 113 Å². The smallest absolute Gasteiger partial charge is 0.339 e. The maximum absolute atomic E-state index is 13.3. The molecule has 0 unspecified atom stereocenters. The van der Waals surface area contributed by atoms with Crippen LogP contribution >= 0.6 is 11.6 Å². The summed E-state index contributed by atoms with van der Waals surface area (Å²) in [5.74, 6) is -2.52. The molecule has 0 N–H and O–H groups in total. The minimum Gasteiger partial charge on any atom is -0.376 e. The molecular formula is C12H7ClF2O3S. The van der Waals surface area contributed by atoms with Crippen LogP contribution in [0.2, 0.25) is 5.02 Å². The first kappa shape index (κ1) is 13.8. The van der Waals surface area contributed by atoms with E-state index in [1.54, 1.807) is 0 Å². The van der Waals surface area contributed by atoms with E-state index in [9.17, 15) is 17.2 Å². The fourth-order valence-corrected chi connectivity index (χ4v) is 2.57. The standard InChI is InChI=1S/C12H7ClF2O3S/c13-8-2-1-3-10(6-8)19(16,17)18-12-5-4-9(14)7-11(12)15/h1-7H. The molecule has 0 amide bonds. The summed E-state index contributed by atoms with van der Waals surface area (Å²) < 4.78 is 54.3. The van der Waals surface area contributed by atoms with Crippen molar-refractivity contribution in [2.24, 2.45) is 0 Å². The Hall–Kier alpha value is -1.66. The molecule has 2 aromatic rings. The summed E-state index contributed by atoms with van der Waals surface area (Å²) in [4.78, 5) is -0.219. The summed E-state index contributed by atoms with van der Waals surface area (Å²) in [7, 11) is -4.22. The Bertz CT molecular complexity index is 717. The third kappa shape index (κ3) is 3.21. The zero-order valence-electron chi connectivity index (χ0n) is 9.31. The highest BCUT2D eigenvalue weighted by atomic mass is 35.5. The number of halogens is 3. The third-order valence-corrected chi connectivity index (χ3v) is 3.64. The van der Waals surface area contributed by atoms with Crippen molar-refractivity contribution >= 4 is 21.7 Å². The van der Waals surface area contributed by atoms with Crippen LogP contribution in [0.4, 0.5) is 8.78 Å². The molecule has 0 saturated heterocycles. The Morgan fingerprint density at radius 2 is 1.79 bits per heavy atom. The Morgan fingerprint density at radius 1 is 1.05 bits per heavy atom. The first-order valence-corrected chi connectivity index (χ1v) is 6.82. The Kier molecular flexibility index (Phi) is 3.73. The van der Waals surface area contributed by atoms with Crippen LogP contribution in [0.15, 0.2) is 47.4 Å². The molecule has 0 aliphatic carbocycles. The van der Waals surface area contributed by atoms with Crippen molar-refractivity contribution < 1.29 is 21.4 Å². The first-order valence-electron chi connectivity index (χ1n) is 5.03. The van der Waals surface area contributed by atoms with Crippen LogP contribution in [0.3, 0.4) is 0 Å². The van der Waals surface area contributed by atoms with Gasteiger partial charge < -0.3 is 4.18 Å². The molecule has 3 nitrogen and oxygen atoms in total. The molecule has 2 aromatic carbocycles. The highest BCUT2D eigenvalue weighted by molar-refractivity contribution is 7.87. The lowest BCUT2D eigenvalue weighted by Gasteiger charge is -2.08. The molecule has 100 valence electrons. The minimum absolute atomic E-state index is 0.198. The molecule has 0 heterocycles. The summed E-state index contributed by atoms with van der Waals surface area (Å²) >= 11 is 5.66. The van der Waals surface area contributed by atoms with E-state index >= 15 is 0 Å². The Balaban J connectivity index is 2.36. The van der Waals surface area contributed by atoms with Crippen LogP contribution in [-0.4, -0.2) is 8.42 Å². The maximum Gasteiger partial charge on any atom is 0.339 e. The third-order valence-electron chi connectivity index (χ3n) is 2.18. The average Bonchev–Trinajstić information content (AvgIpc) is 2.33. The highest BCUT2D eigenvalue weighted by Gasteiger charge is 2.19. The quantitative estimate of drug-likeness (QED) is 0.816. The van der Waals surface area contributed by atoms with E-state index in [1.807, 2.05) is 0 Å². The van der Waals surface area contributed by atoms with Gasteiger partial charge in [0.15, 0.2) is 11.6 Å². The van der Waals surface area contributed by atoms with E-state index in [0.717, 1.165) is 18.2 Å². The summed E-state index contributed by atoms with van der Waals surface area (Å²) in [6.45, 7) is 0. The molecule has 2 rings (SSSR count). The number of hydrogen-bond donors (Lipinski definition) is 0. The van der Waals surface area contributed by atoms with E-state index < -0.39 is 27.5 Å². The van der Waals surface area contributed by atoms with Crippen molar-refractivity contribution in [3.63, 3.8) is 0 Å². The predicted molar refractivity (Wildman–Crippen MR) is 65.6 cm³/mol. The monoisotopic (exact) mass is 304 g/mol. The largest absolute Gasteiger partial charge is 0.376 e. The van der Waals surface area contributed by atoms with Gasteiger partial charge in [-0.25, -0.2) is 8.78 Å². The van der Waals surface area contributed by atoms with Gasteiger partial charge in [-0.15, -0.1) is 0 Å². The molecule has 0 aliphatic heterocycles. The topological polar surface area (TPSA) is 43.4 Å². The molecule has 0 spiro atoms. The van der Waals surface area contributed by atoms with Gasteiger partial charge in [-0.3, -0.25) is 0 Å². The molecule has 0 bridgehead atoms. The van der Waals surface area contributed by atoms with E-state index in [2.05, 4.69) is 4.18 Å². The SMILES string of the molecule is O=S(=O)(Oc1ccc(F)cc1F)c1cccc(Cl)c1. The van der Waals surface area contributed by atoms with Crippen molar-refractivity contribution in [2.45, 2.75) is 4.90 Å². The van der Waals surface area contributed by atoms with Crippen LogP contribution in [0.1, 0.15) is 0 Å². The fraction of sp³-hybridized carbons (Fsp3) is 0. The molecule has 0 aromatic heterocycles. The van der Waals surface area contributed by atoms with Gasteiger partial charge in [0.2, 0.25) is 0 Å². The lowest BCUT2D eigenvalue weighted by atomic mass is 10.3. The zero-order chi connectivity index (χ0) is 14.0. The molecule has 0 radical (unpaired) electrons. The molecule has 0 atom stereocenters. The molecule has 0 fully saturated rings. The second-order valence-corrected chi connectivity index (χ2v) is 5.55. The van der Waals surface area contributed by atoms with Crippen molar-refractivity contribution in [2.75, 3.05) is 0 Å². The summed E-state index contributed by atoms with van der Waals surface area (Å²) in [6.07, 6.45) is 0. The van der Waals surface area contributed by atoms with E-state index in [0.29, 0.717) is 6.07 Å². The second-order valence-electron chi connectivity index (χ2n) is 3.57. The normalized spacial score (nSPS) is 11.3. The van der Waals surface area contributed by atoms with Crippen molar-refractivity contribution in [1.82, 2.24) is 0 Å². The van der Waals surface area contributed by atoms with Crippen LogP contribution in [0.5, 0.6) is 5.75 Å². The van der Waals surface area contributed by atoms with Gasteiger partial charge in [-0.1, -0.05) is 17.7 Å². The van der Waals surface area contributed by atoms with Crippen molar-refractivity contribution in [3.8, 4) is 5.75 Å². The number of rotatable bonds is 3. The Morgan fingerprint density at radius 3 is 2.42 bits per heavy atom. The molecule has 19 heavy (non-hydrogen) atoms. The van der Waals surface area contributed by atoms with Gasteiger partial charge >= 0.3 is 10.1 Å². The van der Waals surface area contributed by atoms with Crippen molar-refractivity contribution in [3.05, 3.63) is 59.1 Å². The van der Waals surface area contributed by atoms with Gasteiger partial charge in [-0.2, -0.15) is 8.42 Å². The van der Waals surface area contributed by atoms with Crippen LogP contribution < -0.4 is 4.18 Å². The summed E-state index contributed by atoms with van der Waals surface area (Å²) in [5.41, 5.74) is 0. The van der Waals surface area contributed by atoms with Crippen LogP contribution in [0.25, 0.3) is 0 Å². The van der Waals surface area contributed by atoms with Crippen molar-refractivity contribution in [1.29, 1.82) is 0 Å². The molecular weight excluding hydrogens is 298 g/mol. The fourth-order valence-electron chi connectivity index (χ4n) is 1.33. The van der Waals surface area contributed by atoms with E-state index in [4.69, 9.17) is 11.6 Å². The van der Waals surface area contributed by atoms with Crippen LogP contribution in [-0.2, 0) is 10.1 Å². The average molecular weight is 305 g/mol. The first-order chi connectivity index (χ1) is 8.88. The lowest BCUT2D eigenvalue weighted by Crippen LogP contribution is -2.10. The maximum atomic E-state index is 13.3. The lowest BCUT2D eigenvalue weighted by molar-refractivity contribution is 0.457. The molecule has 0 aliphatic rings. The molecule has 0 saturated carbocycles. The minimum atomic E-state index is -4.22. The second kappa shape index (κ2) is 5.14. The highest BCUT2D eigenvalue weighted by Crippen LogP contribution is 2.23. The van der Waals surface area contributed by atoms with Gasteiger partial charge in [-0.05, 0) is 30.3 Å². The molecule has 7 heteroatoms. The summed E-state index contributed by atoms with van der Waals surface area (Å²) in [5, 5.41) is 0.198. The number of benzene rings is 2. The van der Waals surface area contributed by atoms with E-state index in [-0.39, 0.29) is 9.92 Å². The predicted octanol–water partition coefficient (Wildman–Crippen LogP) is 3.39. The summed E-state index contributed by atoms with van der Waals surface area (Å²) in [6, 6.07) is 7.64. The van der Waals surface area contributed by atoms with Gasteiger partial charge in [0, 0.05) is 11.1 Å². The van der Waals surface area contributed by atoms with Gasteiger partial charge in [0.1, 0.15) is 10.7 Å². The van der Waals surface area contributed by atoms with Crippen LogP contribution in [0, 0.1) is 11.6 Å². The van der Waals surface area contributed by atoms with E-state index in [1.165, 1.54) is 18.2 Å². The van der Waals surface area contributed by atoms with Gasteiger partial charge in [0.05, 0.1) is 0 Å². The van der Waals surface area contributed by atoms with Gasteiger partial charge in [0.25, 0.3) is 0 Å².